The normalized spacial score (nSPS) is 12.1. The van der Waals surface area contributed by atoms with Crippen LogP contribution in [0, 0.1) is 11.3 Å². The minimum atomic E-state index is 0.0993. The van der Waals surface area contributed by atoms with E-state index in [1.165, 1.54) is 11.8 Å². The van der Waals surface area contributed by atoms with Gasteiger partial charge in [0.1, 0.15) is 11.1 Å². The summed E-state index contributed by atoms with van der Waals surface area (Å²) in [6.45, 7) is 2.00. The van der Waals surface area contributed by atoms with Crippen molar-refractivity contribution < 1.29 is 5.11 Å². The molecule has 0 aliphatic rings. The molecule has 1 aromatic rings. The molecule has 0 saturated carbocycles. The van der Waals surface area contributed by atoms with Crippen molar-refractivity contribution in [2.75, 3.05) is 6.61 Å². The summed E-state index contributed by atoms with van der Waals surface area (Å²) in [5.41, 5.74) is 0.306. The van der Waals surface area contributed by atoms with Gasteiger partial charge in [-0.05, 0) is 12.1 Å². The van der Waals surface area contributed by atoms with Crippen molar-refractivity contribution in [3.63, 3.8) is 0 Å². The van der Waals surface area contributed by atoms with Crippen molar-refractivity contribution in [1.29, 1.82) is 5.26 Å². The quantitative estimate of drug-likeness (QED) is 0.723. The predicted octanol–water partition coefficient (Wildman–Crippen LogP) is 0.821. The summed E-state index contributed by atoms with van der Waals surface area (Å²) in [4.78, 5) is 0. The Labute approximate surface area is 80.6 Å². The van der Waals surface area contributed by atoms with Gasteiger partial charge in [0, 0.05) is 5.25 Å². The average molecular weight is 195 g/mol. The zero-order chi connectivity index (χ0) is 9.68. The molecule has 0 aliphatic carbocycles. The van der Waals surface area contributed by atoms with Gasteiger partial charge < -0.3 is 5.11 Å². The summed E-state index contributed by atoms with van der Waals surface area (Å²) in [5, 5.41) is 25.5. The molecular formula is C8H9N3OS. The molecule has 1 heterocycles. The highest BCUT2D eigenvalue weighted by Crippen LogP contribution is 2.19. The number of hydrogen-bond acceptors (Lipinski definition) is 5. The summed E-state index contributed by atoms with van der Waals surface area (Å²) >= 11 is 1.43. The number of nitriles is 1. The van der Waals surface area contributed by atoms with Crippen molar-refractivity contribution in [3.8, 4) is 6.07 Å². The molecule has 13 heavy (non-hydrogen) atoms. The maximum Gasteiger partial charge on any atom is 0.163 e. The van der Waals surface area contributed by atoms with Crippen LogP contribution in [0.25, 0.3) is 0 Å². The monoisotopic (exact) mass is 195 g/mol. The van der Waals surface area contributed by atoms with Gasteiger partial charge in [-0.15, -0.1) is 10.2 Å². The Balaban J connectivity index is 2.65. The van der Waals surface area contributed by atoms with E-state index in [4.69, 9.17) is 10.4 Å². The van der Waals surface area contributed by atoms with Gasteiger partial charge in [-0.1, -0.05) is 18.7 Å². The Hall–Kier alpha value is -1.12. The molecule has 4 nitrogen and oxygen atoms in total. The van der Waals surface area contributed by atoms with E-state index >= 15 is 0 Å². The summed E-state index contributed by atoms with van der Waals surface area (Å²) in [6, 6.07) is 5.22. The summed E-state index contributed by atoms with van der Waals surface area (Å²) < 4.78 is 0. The third kappa shape index (κ3) is 3.01. The number of aromatic nitrogens is 2. The molecule has 68 valence electrons. The zero-order valence-corrected chi connectivity index (χ0v) is 7.95. The first-order valence-corrected chi connectivity index (χ1v) is 4.65. The topological polar surface area (TPSA) is 69.8 Å². The Morgan fingerprint density at radius 2 is 2.38 bits per heavy atom. The fourth-order valence-corrected chi connectivity index (χ4v) is 1.41. The number of thioether (sulfide) groups is 1. The Bertz CT molecular complexity index is 306. The third-order valence-corrected chi connectivity index (χ3v) is 2.34. The molecular weight excluding hydrogens is 186 g/mol. The van der Waals surface area contributed by atoms with E-state index < -0.39 is 0 Å². The highest BCUT2D eigenvalue weighted by atomic mass is 32.2. The maximum absolute atomic E-state index is 8.78. The molecule has 0 saturated heterocycles. The summed E-state index contributed by atoms with van der Waals surface area (Å²) in [7, 11) is 0. The van der Waals surface area contributed by atoms with Gasteiger partial charge in [-0.25, -0.2) is 0 Å². The number of nitrogens with zero attached hydrogens (tertiary/aromatic N) is 3. The van der Waals surface area contributed by atoms with E-state index in [-0.39, 0.29) is 11.9 Å². The molecule has 0 aliphatic heterocycles. The molecule has 0 aromatic carbocycles. The molecule has 1 N–H and O–H groups in total. The van der Waals surface area contributed by atoms with Crippen LogP contribution in [-0.4, -0.2) is 27.2 Å². The van der Waals surface area contributed by atoms with Crippen molar-refractivity contribution in [1.82, 2.24) is 10.2 Å². The van der Waals surface area contributed by atoms with Crippen molar-refractivity contribution in [2.24, 2.45) is 0 Å². The van der Waals surface area contributed by atoms with Crippen LogP contribution in [0.3, 0.4) is 0 Å². The molecule has 1 rings (SSSR count). The summed E-state index contributed by atoms with van der Waals surface area (Å²) in [5.74, 6) is 0. The van der Waals surface area contributed by atoms with Gasteiger partial charge in [0.25, 0.3) is 0 Å². The Morgan fingerprint density at radius 3 is 2.85 bits per heavy atom. The Kier molecular flexibility index (Phi) is 3.68. The largest absolute Gasteiger partial charge is 0.395 e. The van der Waals surface area contributed by atoms with Crippen LogP contribution < -0.4 is 0 Å². The number of hydrogen-bond donors (Lipinski definition) is 1. The van der Waals surface area contributed by atoms with Gasteiger partial charge in [-0.2, -0.15) is 5.26 Å². The fourth-order valence-electron chi connectivity index (χ4n) is 0.686. The second kappa shape index (κ2) is 4.80. The van der Waals surface area contributed by atoms with E-state index in [1.807, 2.05) is 13.0 Å². The van der Waals surface area contributed by atoms with E-state index in [2.05, 4.69) is 10.2 Å². The van der Waals surface area contributed by atoms with Crippen LogP contribution in [0.4, 0.5) is 0 Å². The third-order valence-electron chi connectivity index (χ3n) is 1.33. The smallest absolute Gasteiger partial charge is 0.163 e. The van der Waals surface area contributed by atoms with Gasteiger partial charge >= 0.3 is 0 Å². The molecule has 0 bridgehead atoms. The zero-order valence-electron chi connectivity index (χ0n) is 7.14. The lowest BCUT2D eigenvalue weighted by atomic mass is 10.4. The van der Waals surface area contributed by atoms with E-state index in [0.29, 0.717) is 5.69 Å². The van der Waals surface area contributed by atoms with Crippen molar-refractivity contribution in [3.05, 3.63) is 17.8 Å². The van der Waals surface area contributed by atoms with E-state index in [1.54, 1.807) is 12.1 Å². The molecule has 0 radical (unpaired) electrons. The second-order valence-corrected chi connectivity index (χ2v) is 3.94. The minimum absolute atomic E-state index is 0.0993. The van der Waals surface area contributed by atoms with Gasteiger partial charge in [0.15, 0.2) is 5.69 Å². The van der Waals surface area contributed by atoms with Crippen LogP contribution in [-0.2, 0) is 0 Å². The predicted molar refractivity (Wildman–Crippen MR) is 49.2 cm³/mol. The average Bonchev–Trinajstić information content (AvgIpc) is 2.19. The van der Waals surface area contributed by atoms with Crippen LogP contribution in [0.2, 0.25) is 0 Å². The van der Waals surface area contributed by atoms with Crippen LogP contribution in [0.15, 0.2) is 17.2 Å². The summed E-state index contributed by atoms with van der Waals surface area (Å²) in [6.07, 6.45) is 0. The SMILES string of the molecule is CC(CO)Sc1ccc(C#N)nn1. The number of aliphatic hydroxyl groups excluding tert-OH is 1. The minimum Gasteiger partial charge on any atom is -0.395 e. The van der Waals surface area contributed by atoms with E-state index in [9.17, 15) is 0 Å². The highest BCUT2D eigenvalue weighted by Gasteiger charge is 2.04. The first-order valence-electron chi connectivity index (χ1n) is 3.77. The van der Waals surface area contributed by atoms with Crippen LogP contribution in [0.5, 0.6) is 0 Å². The molecule has 1 aromatic heterocycles. The lowest BCUT2D eigenvalue weighted by Gasteiger charge is -2.04. The van der Waals surface area contributed by atoms with E-state index in [0.717, 1.165) is 5.03 Å². The van der Waals surface area contributed by atoms with Crippen LogP contribution in [0.1, 0.15) is 12.6 Å². The van der Waals surface area contributed by atoms with Gasteiger partial charge in [0.2, 0.25) is 0 Å². The first kappa shape index (κ1) is 9.96. The standard InChI is InChI=1S/C8H9N3OS/c1-6(5-12)13-8-3-2-7(4-9)10-11-8/h2-3,6,12H,5H2,1H3. The Morgan fingerprint density at radius 1 is 1.62 bits per heavy atom. The molecule has 0 spiro atoms. The molecule has 1 atom stereocenters. The van der Waals surface area contributed by atoms with Gasteiger partial charge in [0.05, 0.1) is 6.61 Å². The lowest BCUT2D eigenvalue weighted by molar-refractivity contribution is 0.300. The van der Waals surface area contributed by atoms with Crippen molar-refractivity contribution in [2.45, 2.75) is 17.2 Å². The molecule has 0 fully saturated rings. The fraction of sp³-hybridized carbons (Fsp3) is 0.375. The van der Waals surface area contributed by atoms with Gasteiger partial charge in [-0.3, -0.25) is 0 Å². The molecule has 1 unspecified atom stereocenters. The maximum atomic E-state index is 8.78. The lowest BCUT2D eigenvalue weighted by Crippen LogP contribution is -2.02. The molecule has 0 amide bonds. The number of rotatable bonds is 3. The first-order chi connectivity index (χ1) is 6.26. The highest BCUT2D eigenvalue weighted by molar-refractivity contribution is 7.99. The second-order valence-electron chi connectivity index (χ2n) is 2.48. The van der Waals surface area contributed by atoms with Crippen molar-refractivity contribution >= 4 is 11.8 Å². The molecule has 5 heteroatoms. The number of aliphatic hydroxyl groups is 1. The van der Waals surface area contributed by atoms with Crippen LogP contribution >= 0.6 is 11.8 Å².